The maximum atomic E-state index is 9.94. The van der Waals surface area contributed by atoms with Crippen LogP contribution in [0.15, 0.2) is 18.5 Å². The Labute approximate surface area is 115 Å². The molecule has 0 aromatic carbocycles. The van der Waals surface area contributed by atoms with Gasteiger partial charge in [-0.05, 0) is 44.5 Å². The highest BCUT2D eigenvalue weighted by molar-refractivity contribution is 4.84. The lowest BCUT2D eigenvalue weighted by Gasteiger charge is -2.38. The summed E-state index contributed by atoms with van der Waals surface area (Å²) in [5.41, 5.74) is 0.373. The monoisotopic (exact) mass is 266 g/mol. The van der Waals surface area contributed by atoms with Gasteiger partial charge in [-0.15, -0.1) is 0 Å². The van der Waals surface area contributed by atoms with Crippen LogP contribution in [0.5, 0.6) is 0 Å². The average Bonchev–Trinajstić information content (AvgIpc) is 2.86. The van der Waals surface area contributed by atoms with Gasteiger partial charge in [-0.2, -0.15) is 5.10 Å². The van der Waals surface area contributed by atoms with E-state index in [2.05, 4.69) is 29.3 Å². The maximum Gasteiger partial charge on any atom is 0.0860 e. The second kappa shape index (κ2) is 6.50. The summed E-state index contributed by atoms with van der Waals surface area (Å²) < 4.78 is 1.77. The number of hydrogen-bond donors (Lipinski definition) is 2. The minimum absolute atomic E-state index is 0.373. The van der Waals surface area contributed by atoms with Gasteiger partial charge in [-0.3, -0.25) is 4.68 Å². The summed E-state index contributed by atoms with van der Waals surface area (Å²) >= 11 is 0. The number of piperidine rings is 1. The van der Waals surface area contributed by atoms with Crippen LogP contribution >= 0.6 is 0 Å². The number of likely N-dealkylation sites (tertiary alicyclic amines) is 1. The quantitative estimate of drug-likeness (QED) is 0.790. The van der Waals surface area contributed by atoms with Crippen molar-refractivity contribution in [3.63, 3.8) is 0 Å². The summed E-state index contributed by atoms with van der Waals surface area (Å²) in [7, 11) is 2.18. The molecule has 5 heteroatoms. The molecule has 1 aromatic heterocycles. The Kier molecular flexibility index (Phi) is 4.96. The summed E-state index contributed by atoms with van der Waals surface area (Å²) in [6.45, 7) is 6.86. The fraction of sp³-hybridized carbons (Fsp3) is 0.786. The van der Waals surface area contributed by atoms with Gasteiger partial charge in [0.05, 0.1) is 12.6 Å². The number of hydrogen-bond acceptors (Lipinski definition) is 4. The van der Waals surface area contributed by atoms with E-state index in [9.17, 15) is 5.11 Å². The van der Waals surface area contributed by atoms with Gasteiger partial charge >= 0.3 is 0 Å². The standard InChI is InChI=1S/C14H26N4O/c1-14(4-8-17(2)9-5-14)12-15-10-13(19)11-18-7-3-6-16-18/h3,6-7,13,15,19H,4-5,8-12H2,1-2H3. The smallest absolute Gasteiger partial charge is 0.0860 e. The van der Waals surface area contributed by atoms with E-state index in [0.717, 1.165) is 6.54 Å². The highest BCUT2D eigenvalue weighted by atomic mass is 16.3. The van der Waals surface area contributed by atoms with Crippen LogP contribution in [0.4, 0.5) is 0 Å². The Morgan fingerprint density at radius 1 is 1.42 bits per heavy atom. The molecule has 0 bridgehead atoms. The molecule has 0 spiro atoms. The van der Waals surface area contributed by atoms with Crippen molar-refractivity contribution in [1.82, 2.24) is 20.0 Å². The van der Waals surface area contributed by atoms with Crippen molar-refractivity contribution in [3.05, 3.63) is 18.5 Å². The number of aliphatic hydroxyl groups excluding tert-OH is 1. The van der Waals surface area contributed by atoms with E-state index in [0.29, 0.717) is 18.5 Å². The van der Waals surface area contributed by atoms with E-state index in [4.69, 9.17) is 0 Å². The second-order valence-corrected chi connectivity index (χ2v) is 6.13. The van der Waals surface area contributed by atoms with Crippen molar-refractivity contribution >= 4 is 0 Å². The summed E-state index contributed by atoms with van der Waals surface area (Å²) in [6, 6.07) is 1.87. The van der Waals surface area contributed by atoms with Gasteiger partial charge in [0.2, 0.25) is 0 Å². The first kappa shape index (κ1) is 14.5. The van der Waals surface area contributed by atoms with Crippen LogP contribution in [-0.2, 0) is 6.54 Å². The summed E-state index contributed by atoms with van der Waals surface area (Å²) in [6.07, 6.45) is 5.69. The first-order valence-corrected chi connectivity index (χ1v) is 7.12. The third kappa shape index (κ3) is 4.60. The number of aromatic nitrogens is 2. The molecule has 2 N–H and O–H groups in total. The van der Waals surface area contributed by atoms with Crippen molar-refractivity contribution in [3.8, 4) is 0 Å². The van der Waals surface area contributed by atoms with E-state index >= 15 is 0 Å². The minimum Gasteiger partial charge on any atom is -0.390 e. The number of nitrogens with one attached hydrogen (secondary N) is 1. The molecule has 0 radical (unpaired) electrons. The summed E-state index contributed by atoms with van der Waals surface area (Å²) in [5, 5.41) is 17.5. The van der Waals surface area contributed by atoms with Gasteiger partial charge in [-0.1, -0.05) is 6.92 Å². The van der Waals surface area contributed by atoms with E-state index in [1.165, 1.54) is 25.9 Å². The van der Waals surface area contributed by atoms with Crippen LogP contribution in [0.1, 0.15) is 19.8 Å². The predicted molar refractivity (Wildman–Crippen MR) is 75.9 cm³/mol. The van der Waals surface area contributed by atoms with Gasteiger partial charge in [0.1, 0.15) is 0 Å². The molecule has 5 nitrogen and oxygen atoms in total. The zero-order valence-corrected chi connectivity index (χ0v) is 12.0. The molecule has 108 valence electrons. The Morgan fingerprint density at radius 3 is 2.79 bits per heavy atom. The molecule has 2 rings (SSSR count). The molecule has 2 heterocycles. The van der Waals surface area contributed by atoms with Gasteiger partial charge in [0, 0.05) is 25.5 Å². The summed E-state index contributed by atoms with van der Waals surface area (Å²) in [5.74, 6) is 0. The predicted octanol–water partition coefficient (Wildman–Crippen LogP) is 0.566. The SMILES string of the molecule is CN1CCC(C)(CNCC(O)Cn2cccn2)CC1. The number of rotatable bonds is 6. The second-order valence-electron chi connectivity index (χ2n) is 6.13. The van der Waals surface area contributed by atoms with Crippen LogP contribution in [0, 0.1) is 5.41 Å². The Hall–Kier alpha value is -0.910. The van der Waals surface area contributed by atoms with Crippen molar-refractivity contribution in [2.24, 2.45) is 5.41 Å². The highest BCUT2D eigenvalue weighted by Gasteiger charge is 2.28. The van der Waals surface area contributed by atoms with Crippen LogP contribution in [-0.4, -0.2) is 59.1 Å². The van der Waals surface area contributed by atoms with Gasteiger partial charge in [-0.25, -0.2) is 0 Å². The van der Waals surface area contributed by atoms with Gasteiger partial charge in [0.15, 0.2) is 0 Å². The molecule has 1 aromatic rings. The summed E-state index contributed by atoms with van der Waals surface area (Å²) in [4.78, 5) is 2.38. The van der Waals surface area contributed by atoms with Crippen molar-refractivity contribution in [2.45, 2.75) is 32.4 Å². The van der Waals surface area contributed by atoms with E-state index in [1.807, 2.05) is 12.3 Å². The molecule has 0 aliphatic carbocycles. The van der Waals surface area contributed by atoms with Crippen LogP contribution in [0.3, 0.4) is 0 Å². The highest BCUT2D eigenvalue weighted by Crippen LogP contribution is 2.29. The first-order chi connectivity index (χ1) is 9.07. The van der Waals surface area contributed by atoms with Crippen molar-refractivity contribution in [2.75, 3.05) is 33.2 Å². The molecule has 19 heavy (non-hydrogen) atoms. The van der Waals surface area contributed by atoms with Crippen molar-refractivity contribution in [1.29, 1.82) is 0 Å². The van der Waals surface area contributed by atoms with Crippen LogP contribution in [0.25, 0.3) is 0 Å². The fourth-order valence-corrected chi connectivity index (χ4v) is 2.56. The zero-order valence-electron chi connectivity index (χ0n) is 12.0. The Morgan fingerprint density at radius 2 is 2.16 bits per heavy atom. The molecule has 1 atom stereocenters. The lowest BCUT2D eigenvalue weighted by Crippen LogP contribution is -2.43. The van der Waals surface area contributed by atoms with E-state index in [-0.39, 0.29) is 6.10 Å². The number of nitrogens with zero attached hydrogens (tertiary/aromatic N) is 3. The topological polar surface area (TPSA) is 53.3 Å². The third-order valence-electron chi connectivity index (χ3n) is 4.08. The Bertz CT molecular complexity index is 358. The Balaban J connectivity index is 1.65. The molecule has 1 saturated heterocycles. The van der Waals surface area contributed by atoms with E-state index in [1.54, 1.807) is 10.9 Å². The molecule has 0 saturated carbocycles. The average molecular weight is 266 g/mol. The lowest BCUT2D eigenvalue weighted by atomic mass is 9.80. The molecular weight excluding hydrogens is 240 g/mol. The number of aliphatic hydroxyl groups is 1. The van der Waals surface area contributed by atoms with Gasteiger partial charge in [0.25, 0.3) is 0 Å². The lowest BCUT2D eigenvalue weighted by molar-refractivity contribution is 0.116. The minimum atomic E-state index is -0.380. The molecular formula is C14H26N4O. The third-order valence-corrected chi connectivity index (χ3v) is 4.08. The van der Waals surface area contributed by atoms with Gasteiger partial charge < -0.3 is 15.3 Å². The molecule has 1 unspecified atom stereocenters. The molecule has 0 amide bonds. The van der Waals surface area contributed by atoms with Crippen LogP contribution in [0.2, 0.25) is 0 Å². The van der Waals surface area contributed by atoms with E-state index < -0.39 is 0 Å². The van der Waals surface area contributed by atoms with Crippen molar-refractivity contribution < 1.29 is 5.11 Å². The molecule has 1 fully saturated rings. The maximum absolute atomic E-state index is 9.94. The normalized spacial score (nSPS) is 21.4. The van der Waals surface area contributed by atoms with Crippen LogP contribution < -0.4 is 5.32 Å². The largest absolute Gasteiger partial charge is 0.390 e. The fourth-order valence-electron chi connectivity index (χ4n) is 2.56. The molecule has 1 aliphatic rings. The zero-order chi connectivity index (χ0) is 13.7. The first-order valence-electron chi connectivity index (χ1n) is 7.12. The molecule has 1 aliphatic heterocycles.